The van der Waals surface area contributed by atoms with Crippen molar-refractivity contribution in [2.24, 2.45) is 5.92 Å². The highest BCUT2D eigenvalue weighted by Gasteiger charge is 2.64. The Kier molecular flexibility index (Phi) is 9.80. The molecule has 2 aliphatic rings. The van der Waals surface area contributed by atoms with Gasteiger partial charge in [0.15, 0.2) is 5.66 Å². The van der Waals surface area contributed by atoms with E-state index in [0.29, 0.717) is 25.1 Å². The molecule has 48 heavy (non-hydrogen) atoms. The van der Waals surface area contributed by atoms with Crippen molar-refractivity contribution in [2.75, 3.05) is 28.9 Å². The Labute approximate surface area is 298 Å². The molecule has 7 nitrogen and oxygen atoms in total. The number of hydrogen-bond donors (Lipinski definition) is 0. The van der Waals surface area contributed by atoms with Crippen molar-refractivity contribution in [3.8, 4) is 0 Å². The van der Waals surface area contributed by atoms with Gasteiger partial charge < -0.3 is 24.2 Å². The Balaban J connectivity index is 1.74. The molecule has 0 radical (unpaired) electrons. The van der Waals surface area contributed by atoms with Crippen LogP contribution in [0.15, 0.2) is 135 Å². The monoisotopic (exact) mass is 769 g/mol. The molecule has 1 saturated heterocycles. The van der Waals surface area contributed by atoms with E-state index in [1.54, 1.807) is 6.08 Å². The highest BCUT2D eigenvalue weighted by Crippen LogP contribution is 2.61. The van der Waals surface area contributed by atoms with Gasteiger partial charge in [-0.2, -0.15) is 0 Å². The lowest BCUT2D eigenvalue weighted by atomic mass is 9.84. The Morgan fingerprint density at radius 1 is 0.750 bits per heavy atom. The molecular formula is C39H37Br2N3O4. The summed E-state index contributed by atoms with van der Waals surface area (Å²) in [4.78, 5) is 33.9. The van der Waals surface area contributed by atoms with Gasteiger partial charge >= 0.3 is 11.9 Å². The van der Waals surface area contributed by atoms with Crippen LogP contribution in [0.1, 0.15) is 31.4 Å². The van der Waals surface area contributed by atoms with E-state index in [-0.39, 0.29) is 5.92 Å². The van der Waals surface area contributed by atoms with E-state index in [2.05, 4.69) is 102 Å². The van der Waals surface area contributed by atoms with Crippen LogP contribution in [0, 0.1) is 5.92 Å². The van der Waals surface area contributed by atoms with Crippen molar-refractivity contribution in [3.63, 3.8) is 0 Å². The van der Waals surface area contributed by atoms with Gasteiger partial charge in [-0.1, -0.05) is 93.4 Å². The fraction of sp³-hybridized carbons (Fsp3) is 0.231. The number of ether oxygens (including phenoxy) is 2. The zero-order valence-corrected chi connectivity index (χ0v) is 30.5. The summed E-state index contributed by atoms with van der Waals surface area (Å²) in [5.41, 5.74) is 6.01. The maximum Gasteiger partial charge on any atom is 0.335 e. The largest absolute Gasteiger partial charge is 0.466 e. The third kappa shape index (κ3) is 5.83. The van der Waals surface area contributed by atoms with Crippen molar-refractivity contribution in [1.29, 1.82) is 0 Å². The van der Waals surface area contributed by atoms with Crippen LogP contribution in [0.4, 0.5) is 17.1 Å². The summed E-state index contributed by atoms with van der Waals surface area (Å²) in [6, 6.07) is 34.9. The normalized spacial score (nSPS) is 18.3. The van der Waals surface area contributed by atoms with Crippen molar-refractivity contribution in [2.45, 2.75) is 39.0 Å². The molecule has 0 aromatic heterocycles. The van der Waals surface area contributed by atoms with Gasteiger partial charge in [0.1, 0.15) is 0 Å². The van der Waals surface area contributed by atoms with Crippen LogP contribution >= 0.6 is 31.9 Å². The molecule has 0 N–H and O–H groups in total. The molecule has 2 heterocycles. The number of rotatable bonds is 8. The Hall–Kier alpha value is -4.34. The molecule has 0 aliphatic carbocycles. The standard InChI is InChI=1S/C39H37Br2N3O4/c1-5-32-35(23-36(45)47-3)44(31-11-7-6-8-12-31)37(26(2)38(46)48-4)39(32)42(24-27-15-19-29(40)20-16-27)33-13-9-10-14-34(33)43(39)25-28-17-21-30(41)22-18-28/h6-23,32H,5,24-25H2,1-4H3/b35-23+,37-26+/t32-/m0/s1. The highest BCUT2D eigenvalue weighted by molar-refractivity contribution is 9.10. The lowest BCUT2D eigenvalue weighted by molar-refractivity contribution is -0.136. The molecule has 1 atom stereocenters. The van der Waals surface area contributed by atoms with Crippen molar-refractivity contribution < 1.29 is 19.1 Å². The number of carbonyl (C=O) groups is 2. The number of esters is 2. The Morgan fingerprint density at radius 3 is 1.71 bits per heavy atom. The summed E-state index contributed by atoms with van der Waals surface area (Å²) >= 11 is 7.20. The highest BCUT2D eigenvalue weighted by atomic mass is 79.9. The molecule has 0 unspecified atom stereocenters. The van der Waals surface area contributed by atoms with Crippen LogP contribution in [-0.4, -0.2) is 31.8 Å². The quantitative estimate of drug-likeness (QED) is 0.131. The average Bonchev–Trinajstić information content (AvgIpc) is 3.54. The summed E-state index contributed by atoms with van der Waals surface area (Å²) in [6.45, 7) is 5.02. The van der Waals surface area contributed by atoms with Crippen molar-refractivity contribution in [3.05, 3.63) is 146 Å². The third-order valence-corrected chi connectivity index (χ3v) is 10.3. The number of halogens is 2. The first-order chi connectivity index (χ1) is 23.2. The molecule has 6 rings (SSSR count). The first-order valence-electron chi connectivity index (χ1n) is 15.8. The summed E-state index contributed by atoms with van der Waals surface area (Å²) in [7, 11) is 2.80. The number of anilines is 3. The fourth-order valence-electron chi connectivity index (χ4n) is 7.23. The summed E-state index contributed by atoms with van der Waals surface area (Å²) < 4.78 is 12.7. The van der Waals surface area contributed by atoms with Crippen molar-refractivity contribution >= 4 is 60.9 Å². The fourth-order valence-corrected chi connectivity index (χ4v) is 7.76. The zero-order chi connectivity index (χ0) is 34.0. The molecule has 0 saturated carbocycles. The molecule has 0 bridgehead atoms. The van der Waals surface area contributed by atoms with Gasteiger partial charge in [-0.3, -0.25) is 0 Å². The Morgan fingerprint density at radius 2 is 1.25 bits per heavy atom. The maximum atomic E-state index is 13.8. The van der Waals surface area contributed by atoms with E-state index in [1.807, 2.05) is 61.5 Å². The van der Waals surface area contributed by atoms with Crippen LogP contribution in [0.2, 0.25) is 0 Å². The predicted octanol–water partition coefficient (Wildman–Crippen LogP) is 8.99. The zero-order valence-electron chi connectivity index (χ0n) is 27.3. The van der Waals surface area contributed by atoms with Gasteiger partial charge in [-0.25, -0.2) is 9.59 Å². The molecule has 1 spiro atoms. The second-order valence-electron chi connectivity index (χ2n) is 11.8. The smallest absolute Gasteiger partial charge is 0.335 e. The molecule has 9 heteroatoms. The molecular weight excluding hydrogens is 734 g/mol. The van der Waals surface area contributed by atoms with Crippen molar-refractivity contribution in [1.82, 2.24) is 0 Å². The van der Waals surface area contributed by atoms with Gasteiger partial charge in [0.05, 0.1) is 36.9 Å². The van der Waals surface area contributed by atoms with E-state index < -0.39 is 17.6 Å². The first kappa shape index (κ1) is 33.6. The Bertz CT molecular complexity index is 1800. The molecule has 1 fully saturated rings. The second kappa shape index (κ2) is 14.0. The summed E-state index contributed by atoms with van der Waals surface area (Å²) in [5.74, 6) is -1.21. The van der Waals surface area contributed by atoms with Gasteiger partial charge in [0.25, 0.3) is 0 Å². The van der Waals surface area contributed by atoms with Crippen LogP contribution in [0.5, 0.6) is 0 Å². The van der Waals surface area contributed by atoms with Crippen LogP contribution in [0.25, 0.3) is 0 Å². The number of hydrogen-bond acceptors (Lipinski definition) is 7. The lowest BCUT2D eigenvalue weighted by Gasteiger charge is -2.48. The molecule has 2 aliphatic heterocycles. The van der Waals surface area contributed by atoms with Crippen LogP contribution in [-0.2, 0) is 32.2 Å². The number of para-hydroxylation sites is 3. The topological polar surface area (TPSA) is 62.3 Å². The number of methoxy groups -OCH3 is 2. The number of benzene rings is 4. The minimum absolute atomic E-state index is 0.301. The first-order valence-corrected chi connectivity index (χ1v) is 17.4. The van der Waals surface area contributed by atoms with Gasteiger partial charge in [0, 0.05) is 45.4 Å². The maximum absolute atomic E-state index is 13.8. The van der Waals surface area contributed by atoms with E-state index in [1.165, 1.54) is 14.2 Å². The summed E-state index contributed by atoms with van der Waals surface area (Å²) in [6.07, 6.45) is 2.23. The lowest BCUT2D eigenvalue weighted by Crippen LogP contribution is -2.61. The minimum atomic E-state index is -0.980. The molecule has 4 aromatic carbocycles. The van der Waals surface area contributed by atoms with E-state index in [4.69, 9.17) is 9.47 Å². The van der Waals surface area contributed by atoms with Gasteiger partial charge in [0.2, 0.25) is 0 Å². The summed E-state index contributed by atoms with van der Waals surface area (Å²) in [5, 5.41) is 0. The van der Waals surface area contributed by atoms with E-state index in [0.717, 1.165) is 48.5 Å². The van der Waals surface area contributed by atoms with E-state index >= 15 is 0 Å². The molecule has 246 valence electrons. The minimum Gasteiger partial charge on any atom is -0.466 e. The third-order valence-electron chi connectivity index (χ3n) is 9.20. The van der Waals surface area contributed by atoms with E-state index in [9.17, 15) is 9.59 Å². The van der Waals surface area contributed by atoms with Crippen LogP contribution in [0.3, 0.4) is 0 Å². The molecule has 0 amide bonds. The number of nitrogens with zero attached hydrogens (tertiary/aromatic N) is 3. The van der Waals surface area contributed by atoms with Gasteiger partial charge in [-0.05, 0) is 73.0 Å². The van der Waals surface area contributed by atoms with Crippen LogP contribution < -0.4 is 14.7 Å². The van der Waals surface area contributed by atoms with Gasteiger partial charge in [-0.15, -0.1) is 0 Å². The number of carbonyl (C=O) groups excluding carboxylic acids is 2. The average molecular weight is 772 g/mol. The number of fused-ring (bicyclic) bond motifs is 1. The second-order valence-corrected chi connectivity index (χ2v) is 13.7. The SMILES string of the molecule is CC[C@H]1/C(=C\C(=O)OC)N(c2ccccc2)/C(=C(\C)C(=O)OC)C12N(Cc1ccc(Br)cc1)c1ccccc1N2Cc1ccc(Br)cc1. The molecule has 4 aromatic rings. The predicted molar refractivity (Wildman–Crippen MR) is 197 cm³/mol.